The highest BCUT2D eigenvalue weighted by Crippen LogP contribution is 2.29. The van der Waals surface area contributed by atoms with Gasteiger partial charge in [-0.2, -0.15) is 13.2 Å². The van der Waals surface area contributed by atoms with E-state index in [1.807, 2.05) is 13.0 Å². The van der Waals surface area contributed by atoms with Gasteiger partial charge < -0.3 is 9.73 Å². The van der Waals surface area contributed by atoms with Crippen molar-refractivity contribution >= 4 is 0 Å². The number of likely N-dealkylation sites (N-methyl/N-ethyl adjacent to an activating group) is 1. The van der Waals surface area contributed by atoms with Gasteiger partial charge in [-0.15, -0.1) is 0 Å². The number of halogens is 3. The summed E-state index contributed by atoms with van der Waals surface area (Å²) in [7, 11) is 0. The van der Waals surface area contributed by atoms with E-state index in [1.165, 1.54) is 6.07 Å². The fraction of sp³-hybridized carbons (Fsp3) is 0.357. The standard InChI is InChI=1S/C14H15F3N2O/c1-2-18-13(7-10-5-6-20-9-10)12-4-3-11(8-19-12)14(15,16)17/h3-6,8-9,13,18H,2,7H2,1H3. The third kappa shape index (κ3) is 3.60. The molecule has 0 bridgehead atoms. The second-order valence-corrected chi connectivity index (χ2v) is 4.42. The lowest BCUT2D eigenvalue weighted by atomic mass is 10.0. The number of alkyl halides is 3. The van der Waals surface area contributed by atoms with Gasteiger partial charge in [0, 0.05) is 6.20 Å². The summed E-state index contributed by atoms with van der Waals surface area (Å²) in [4.78, 5) is 3.93. The van der Waals surface area contributed by atoms with E-state index in [-0.39, 0.29) is 6.04 Å². The topological polar surface area (TPSA) is 38.1 Å². The number of furan rings is 1. The minimum absolute atomic E-state index is 0.139. The highest BCUT2D eigenvalue weighted by molar-refractivity contribution is 5.21. The molecule has 0 amide bonds. The van der Waals surface area contributed by atoms with Crippen molar-refractivity contribution in [2.24, 2.45) is 0 Å². The van der Waals surface area contributed by atoms with Crippen molar-refractivity contribution in [3.8, 4) is 0 Å². The van der Waals surface area contributed by atoms with E-state index in [2.05, 4.69) is 10.3 Å². The zero-order valence-electron chi connectivity index (χ0n) is 10.9. The normalized spacial score (nSPS) is 13.4. The first-order valence-electron chi connectivity index (χ1n) is 6.28. The Bertz CT molecular complexity index is 520. The summed E-state index contributed by atoms with van der Waals surface area (Å²) in [6.07, 6.45) is 0.314. The molecule has 0 saturated heterocycles. The predicted molar refractivity (Wildman–Crippen MR) is 68.1 cm³/mol. The second kappa shape index (κ2) is 6.09. The Hall–Kier alpha value is -1.82. The smallest absolute Gasteiger partial charge is 0.417 e. The second-order valence-electron chi connectivity index (χ2n) is 4.42. The number of rotatable bonds is 5. The molecule has 0 aromatic carbocycles. The summed E-state index contributed by atoms with van der Waals surface area (Å²) in [5.41, 5.74) is 0.818. The van der Waals surface area contributed by atoms with Crippen LogP contribution >= 0.6 is 0 Å². The van der Waals surface area contributed by atoms with Crippen LogP contribution in [-0.4, -0.2) is 11.5 Å². The Morgan fingerprint density at radius 2 is 2.10 bits per heavy atom. The van der Waals surface area contributed by atoms with Crippen LogP contribution in [0.3, 0.4) is 0 Å². The fourth-order valence-electron chi connectivity index (χ4n) is 1.95. The molecular formula is C14H15F3N2O. The van der Waals surface area contributed by atoms with Gasteiger partial charge in [-0.25, -0.2) is 0 Å². The average Bonchev–Trinajstić information content (AvgIpc) is 2.90. The fourth-order valence-corrected chi connectivity index (χ4v) is 1.95. The number of hydrogen-bond donors (Lipinski definition) is 1. The number of nitrogens with one attached hydrogen (secondary N) is 1. The van der Waals surface area contributed by atoms with Gasteiger partial charge in [-0.1, -0.05) is 6.92 Å². The Balaban J connectivity index is 2.17. The molecule has 0 aliphatic heterocycles. The van der Waals surface area contributed by atoms with Crippen LogP contribution in [0.1, 0.15) is 29.8 Å². The number of aromatic nitrogens is 1. The molecule has 20 heavy (non-hydrogen) atoms. The molecule has 1 atom stereocenters. The lowest BCUT2D eigenvalue weighted by molar-refractivity contribution is -0.137. The van der Waals surface area contributed by atoms with E-state index < -0.39 is 11.7 Å². The predicted octanol–water partition coefficient (Wildman–Crippen LogP) is 3.59. The summed E-state index contributed by atoms with van der Waals surface area (Å²) in [5, 5.41) is 3.21. The van der Waals surface area contributed by atoms with Crippen LogP contribution in [0.25, 0.3) is 0 Å². The summed E-state index contributed by atoms with van der Waals surface area (Å²) in [5.74, 6) is 0. The SMILES string of the molecule is CCNC(Cc1ccoc1)c1ccc(C(F)(F)F)cn1. The van der Waals surface area contributed by atoms with Gasteiger partial charge in [0.1, 0.15) is 0 Å². The first kappa shape index (κ1) is 14.6. The van der Waals surface area contributed by atoms with Crippen molar-refractivity contribution in [3.05, 3.63) is 53.7 Å². The Labute approximate surface area is 114 Å². The minimum Gasteiger partial charge on any atom is -0.472 e. The van der Waals surface area contributed by atoms with E-state index in [9.17, 15) is 13.2 Å². The minimum atomic E-state index is -4.36. The first-order chi connectivity index (χ1) is 9.50. The highest BCUT2D eigenvalue weighted by atomic mass is 19.4. The van der Waals surface area contributed by atoms with Crippen molar-refractivity contribution in [1.82, 2.24) is 10.3 Å². The zero-order chi connectivity index (χ0) is 14.6. The Morgan fingerprint density at radius 3 is 2.60 bits per heavy atom. The molecule has 6 heteroatoms. The molecule has 0 spiro atoms. The molecule has 0 radical (unpaired) electrons. The molecule has 1 unspecified atom stereocenters. The van der Waals surface area contributed by atoms with Crippen molar-refractivity contribution in [2.45, 2.75) is 25.6 Å². The molecule has 0 aliphatic rings. The van der Waals surface area contributed by atoms with Crippen LogP contribution < -0.4 is 5.32 Å². The van der Waals surface area contributed by atoms with E-state index in [4.69, 9.17) is 4.42 Å². The average molecular weight is 284 g/mol. The maximum atomic E-state index is 12.5. The van der Waals surface area contributed by atoms with Gasteiger partial charge in [0.25, 0.3) is 0 Å². The van der Waals surface area contributed by atoms with Crippen molar-refractivity contribution < 1.29 is 17.6 Å². The summed E-state index contributed by atoms with van der Waals surface area (Å²) in [6, 6.07) is 4.16. The van der Waals surface area contributed by atoms with Crippen LogP contribution in [-0.2, 0) is 12.6 Å². The van der Waals surface area contributed by atoms with Crippen molar-refractivity contribution in [2.75, 3.05) is 6.54 Å². The van der Waals surface area contributed by atoms with E-state index in [1.54, 1.807) is 12.5 Å². The Kier molecular flexibility index (Phi) is 4.44. The third-order valence-corrected chi connectivity index (χ3v) is 2.94. The number of nitrogens with zero attached hydrogens (tertiary/aromatic N) is 1. The van der Waals surface area contributed by atoms with Gasteiger partial charge in [0.15, 0.2) is 0 Å². The number of pyridine rings is 1. The van der Waals surface area contributed by atoms with E-state index in [0.29, 0.717) is 18.7 Å². The highest BCUT2D eigenvalue weighted by Gasteiger charge is 2.31. The maximum Gasteiger partial charge on any atom is 0.417 e. The van der Waals surface area contributed by atoms with Crippen LogP contribution in [0.4, 0.5) is 13.2 Å². The number of hydrogen-bond acceptors (Lipinski definition) is 3. The molecule has 2 heterocycles. The molecule has 2 aromatic rings. The molecule has 3 nitrogen and oxygen atoms in total. The van der Waals surface area contributed by atoms with Crippen LogP contribution in [0.2, 0.25) is 0 Å². The molecule has 0 saturated carbocycles. The molecule has 1 N–H and O–H groups in total. The lowest BCUT2D eigenvalue weighted by Crippen LogP contribution is -2.24. The first-order valence-corrected chi connectivity index (χ1v) is 6.28. The van der Waals surface area contributed by atoms with Crippen molar-refractivity contribution in [3.63, 3.8) is 0 Å². The Morgan fingerprint density at radius 1 is 1.30 bits per heavy atom. The van der Waals surface area contributed by atoms with E-state index >= 15 is 0 Å². The van der Waals surface area contributed by atoms with Gasteiger partial charge in [0.2, 0.25) is 0 Å². The van der Waals surface area contributed by atoms with Gasteiger partial charge in [-0.3, -0.25) is 4.98 Å². The van der Waals surface area contributed by atoms with Gasteiger partial charge in [-0.05, 0) is 36.7 Å². The molecular weight excluding hydrogens is 269 g/mol. The van der Waals surface area contributed by atoms with Crippen molar-refractivity contribution in [1.29, 1.82) is 0 Å². The van der Waals surface area contributed by atoms with Crippen LogP contribution in [0.5, 0.6) is 0 Å². The third-order valence-electron chi connectivity index (χ3n) is 2.94. The molecule has 0 fully saturated rings. The van der Waals surface area contributed by atoms with Gasteiger partial charge >= 0.3 is 6.18 Å². The van der Waals surface area contributed by atoms with Crippen LogP contribution in [0.15, 0.2) is 41.3 Å². The molecule has 2 aromatic heterocycles. The van der Waals surface area contributed by atoms with E-state index in [0.717, 1.165) is 17.8 Å². The lowest BCUT2D eigenvalue weighted by Gasteiger charge is -2.17. The quantitative estimate of drug-likeness (QED) is 0.912. The summed E-state index contributed by atoms with van der Waals surface area (Å²) < 4.78 is 42.5. The summed E-state index contributed by atoms with van der Waals surface area (Å²) in [6.45, 7) is 2.64. The van der Waals surface area contributed by atoms with Crippen LogP contribution in [0, 0.1) is 0 Å². The molecule has 2 rings (SSSR count). The largest absolute Gasteiger partial charge is 0.472 e. The maximum absolute atomic E-state index is 12.5. The van der Waals surface area contributed by atoms with Gasteiger partial charge in [0.05, 0.1) is 29.8 Å². The molecule has 108 valence electrons. The summed E-state index contributed by atoms with van der Waals surface area (Å²) >= 11 is 0. The molecule has 0 aliphatic carbocycles. The zero-order valence-corrected chi connectivity index (χ0v) is 10.9. The monoisotopic (exact) mass is 284 g/mol.